The highest BCUT2D eigenvalue weighted by Gasteiger charge is 2.80. The van der Waals surface area contributed by atoms with Gasteiger partial charge in [-0.15, -0.1) is 0 Å². The Morgan fingerprint density at radius 2 is 1.79 bits per heavy atom. The van der Waals surface area contributed by atoms with Gasteiger partial charge in [-0.1, -0.05) is 27.2 Å². The van der Waals surface area contributed by atoms with Gasteiger partial charge in [0, 0.05) is 5.41 Å². The average Bonchev–Trinajstić information content (AvgIpc) is 2.97. The quantitative estimate of drug-likeness (QED) is 0.769. The first kappa shape index (κ1) is 16.8. The van der Waals surface area contributed by atoms with Crippen LogP contribution in [0.1, 0.15) is 79.6 Å². The summed E-state index contributed by atoms with van der Waals surface area (Å²) in [6, 6.07) is 0. The molecule has 4 aliphatic rings. The number of rotatable bonds is 2. The summed E-state index contributed by atoms with van der Waals surface area (Å²) in [7, 11) is 0. The molecule has 0 radical (unpaired) electrons. The van der Waals surface area contributed by atoms with Crippen molar-refractivity contribution in [2.45, 2.75) is 102 Å². The second kappa shape index (κ2) is 4.56. The minimum Gasteiger partial charge on any atom is -0.481 e. The molecule has 4 nitrogen and oxygen atoms in total. The van der Waals surface area contributed by atoms with Crippen LogP contribution >= 0.6 is 0 Å². The van der Waals surface area contributed by atoms with Crippen molar-refractivity contribution in [3.05, 3.63) is 0 Å². The topological polar surface area (TPSA) is 59.1 Å². The van der Waals surface area contributed by atoms with Crippen LogP contribution in [0.15, 0.2) is 0 Å². The lowest BCUT2D eigenvalue weighted by atomic mass is 9.44. The molecule has 0 aromatic heterocycles. The summed E-state index contributed by atoms with van der Waals surface area (Å²) in [5.41, 5.74) is -0.787. The molecule has 136 valence electrons. The highest BCUT2D eigenvalue weighted by molar-refractivity contribution is 5.68. The van der Waals surface area contributed by atoms with Gasteiger partial charge in [-0.25, -0.2) is 0 Å². The minimum absolute atomic E-state index is 0.0623. The molecular formula is C20H32O4. The minimum atomic E-state index is -0.769. The zero-order valence-corrected chi connectivity index (χ0v) is 15.8. The molecule has 0 amide bonds. The molecule has 4 fully saturated rings. The molecule has 6 atom stereocenters. The van der Waals surface area contributed by atoms with E-state index in [4.69, 9.17) is 9.47 Å². The number of hydrogen-bond donors (Lipinski definition) is 1. The van der Waals surface area contributed by atoms with Gasteiger partial charge in [0.15, 0.2) is 0 Å². The van der Waals surface area contributed by atoms with Crippen molar-refractivity contribution in [1.29, 1.82) is 0 Å². The fourth-order valence-electron chi connectivity index (χ4n) is 7.01. The van der Waals surface area contributed by atoms with Crippen molar-refractivity contribution < 1.29 is 19.4 Å². The van der Waals surface area contributed by atoms with Crippen LogP contribution in [0.2, 0.25) is 0 Å². The monoisotopic (exact) mass is 336 g/mol. The lowest BCUT2D eigenvalue weighted by Crippen LogP contribution is -2.66. The van der Waals surface area contributed by atoms with Crippen molar-refractivity contribution in [3.63, 3.8) is 0 Å². The number of ether oxygens (including phenoxy) is 2. The second-order valence-corrected chi connectivity index (χ2v) is 10.2. The van der Waals surface area contributed by atoms with E-state index in [9.17, 15) is 9.90 Å². The molecule has 0 aromatic carbocycles. The van der Waals surface area contributed by atoms with Crippen LogP contribution in [-0.4, -0.2) is 34.0 Å². The van der Waals surface area contributed by atoms with E-state index in [-0.39, 0.29) is 29.1 Å². The van der Waals surface area contributed by atoms with Crippen LogP contribution in [0.3, 0.4) is 0 Å². The van der Waals surface area contributed by atoms with Gasteiger partial charge in [-0.2, -0.15) is 0 Å². The van der Waals surface area contributed by atoms with E-state index in [0.29, 0.717) is 11.3 Å². The van der Waals surface area contributed by atoms with E-state index < -0.39 is 11.6 Å². The van der Waals surface area contributed by atoms with Crippen LogP contribution in [0.25, 0.3) is 0 Å². The van der Waals surface area contributed by atoms with Crippen LogP contribution in [-0.2, 0) is 14.3 Å². The van der Waals surface area contributed by atoms with E-state index in [0.717, 1.165) is 25.7 Å². The van der Waals surface area contributed by atoms with Gasteiger partial charge in [0.05, 0.1) is 18.1 Å². The smallest absolute Gasteiger partial charge is 0.306 e. The van der Waals surface area contributed by atoms with Crippen LogP contribution in [0.4, 0.5) is 0 Å². The van der Waals surface area contributed by atoms with E-state index in [2.05, 4.69) is 27.7 Å². The molecule has 2 heterocycles. The Bertz CT molecular complexity index is 586. The highest BCUT2D eigenvalue weighted by atomic mass is 16.7. The lowest BCUT2D eigenvalue weighted by molar-refractivity contribution is -0.237. The highest BCUT2D eigenvalue weighted by Crippen LogP contribution is 2.74. The molecule has 0 aromatic rings. The fraction of sp³-hybridized carbons (Fsp3) is 0.950. The van der Waals surface area contributed by atoms with Gasteiger partial charge in [-0.05, 0) is 57.3 Å². The van der Waals surface area contributed by atoms with Crippen molar-refractivity contribution in [3.8, 4) is 0 Å². The Labute approximate surface area is 145 Å². The zero-order chi connectivity index (χ0) is 17.6. The first-order valence-electron chi connectivity index (χ1n) is 9.58. The standard InChI is InChI=1S/C20H32O4/c1-16(2)7-6-8-18(4)13(16)11-14-19(5,23-14)20(18)10-9-17(3,24-20)12-15(21)22/h13-14H,6-12H2,1-5H3,(H,21,22)/t13-,14+,17+,18-,19+,20-/m0/s1. The molecule has 24 heavy (non-hydrogen) atoms. The number of aliphatic carboxylic acids is 1. The Hall–Kier alpha value is -0.610. The number of fused-ring (bicyclic) bond motifs is 4. The molecule has 4 rings (SSSR count). The molecule has 2 saturated heterocycles. The van der Waals surface area contributed by atoms with Gasteiger partial charge < -0.3 is 14.6 Å². The summed E-state index contributed by atoms with van der Waals surface area (Å²) >= 11 is 0. The van der Waals surface area contributed by atoms with E-state index >= 15 is 0 Å². The molecule has 2 saturated carbocycles. The number of carboxylic acids is 1. The predicted octanol–water partition coefficient (Wildman–Crippen LogP) is 4.16. The van der Waals surface area contributed by atoms with Gasteiger partial charge in [0.1, 0.15) is 11.2 Å². The Balaban J connectivity index is 1.77. The maximum Gasteiger partial charge on any atom is 0.306 e. The summed E-state index contributed by atoms with van der Waals surface area (Å²) in [6.07, 6.45) is 6.87. The molecule has 2 aliphatic carbocycles. The number of carbonyl (C=O) groups is 1. The zero-order valence-electron chi connectivity index (χ0n) is 15.8. The summed E-state index contributed by atoms with van der Waals surface area (Å²) < 4.78 is 13.1. The van der Waals surface area contributed by atoms with E-state index in [1.54, 1.807) is 0 Å². The second-order valence-electron chi connectivity index (χ2n) is 10.2. The van der Waals surface area contributed by atoms with E-state index in [1.165, 1.54) is 12.8 Å². The molecule has 1 spiro atoms. The largest absolute Gasteiger partial charge is 0.481 e. The number of carboxylic acid groups (broad SMARTS) is 1. The predicted molar refractivity (Wildman–Crippen MR) is 90.8 cm³/mol. The summed E-state index contributed by atoms with van der Waals surface area (Å²) in [5, 5.41) is 9.33. The normalized spacial score (nSPS) is 55.0. The summed E-state index contributed by atoms with van der Waals surface area (Å²) in [5.74, 6) is -0.194. The molecule has 1 N–H and O–H groups in total. The molecule has 0 bridgehead atoms. The van der Waals surface area contributed by atoms with Gasteiger partial charge >= 0.3 is 5.97 Å². The van der Waals surface area contributed by atoms with E-state index in [1.807, 2.05) is 6.92 Å². The third-order valence-electron chi connectivity index (χ3n) is 8.30. The van der Waals surface area contributed by atoms with Crippen LogP contribution in [0, 0.1) is 16.7 Å². The van der Waals surface area contributed by atoms with Gasteiger partial charge in [-0.3, -0.25) is 4.79 Å². The van der Waals surface area contributed by atoms with Gasteiger partial charge in [0.25, 0.3) is 0 Å². The van der Waals surface area contributed by atoms with Crippen molar-refractivity contribution in [1.82, 2.24) is 0 Å². The van der Waals surface area contributed by atoms with Crippen LogP contribution in [0.5, 0.6) is 0 Å². The Morgan fingerprint density at radius 1 is 1.08 bits per heavy atom. The number of hydrogen-bond acceptors (Lipinski definition) is 3. The Morgan fingerprint density at radius 3 is 2.46 bits per heavy atom. The Kier molecular flexibility index (Phi) is 3.20. The fourth-order valence-corrected chi connectivity index (χ4v) is 7.01. The average molecular weight is 336 g/mol. The molecule has 4 heteroatoms. The SMILES string of the molecule is CC1(C)CCC[C@@]2(C)[C@H]1C[C@H]1O[C@@]1(C)[C@]21CC[C@](C)(CC(=O)O)O1. The third-order valence-corrected chi connectivity index (χ3v) is 8.30. The van der Waals surface area contributed by atoms with Crippen molar-refractivity contribution in [2.75, 3.05) is 0 Å². The summed E-state index contributed by atoms with van der Waals surface area (Å²) in [4.78, 5) is 11.4. The first-order chi connectivity index (χ1) is 11.0. The third kappa shape index (κ3) is 1.90. The van der Waals surface area contributed by atoms with Crippen molar-refractivity contribution >= 4 is 5.97 Å². The molecular weight excluding hydrogens is 304 g/mol. The van der Waals surface area contributed by atoms with Crippen molar-refractivity contribution in [2.24, 2.45) is 16.7 Å². The molecule has 2 aliphatic heterocycles. The molecule has 0 unspecified atom stereocenters. The maximum absolute atomic E-state index is 11.4. The van der Waals surface area contributed by atoms with Crippen LogP contribution < -0.4 is 0 Å². The lowest BCUT2D eigenvalue weighted by Gasteiger charge is -2.62. The summed E-state index contributed by atoms with van der Waals surface area (Å²) in [6.45, 7) is 11.4. The van der Waals surface area contributed by atoms with Gasteiger partial charge in [0.2, 0.25) is 0 Å². The maximum atomic E-state index is 11.4. The number of epoxide rings is 1. The first-order valence-corrected chi connectivity index (χ1v) is 9.58.